The number of halogens is 3. The van der Waals surface area contributed by atoms with Gasteiger partial charge in [0.15, 0.2) is 5.13 Å². The van der Waals surface area contributed by atoms with E-state index < -0.39 is 6.03 Å². The SMILES string of the molecule is O=C(Cc1csc(NC(=O)Nc2ccc(Cl)c(Cl)c2)n1)Nc1ccc(Cl)nc1. The van der Waals surface area contributed by atoms with Crippen molar-refractivity contribution in [3.05, 3.63) is 62.8 Å². The lowest BCUT2D eigenvalue weighted by molar-refractivity contribution is -0.115. The van der Waals surface area contributed by atoms with Crippen molar-refractivity contribution in [2.24, 2.45) is 0 Å². The van der Waals surface area contributed by atoms with Crippen molar-refractivity contribution in [1.29, 1.82) is 0 Å². The van der Waals surface area contributed by atoms with Crippen molar-refractivity contribution in [3.63, 3.8) is 0 Å². The molecule has 0 aliphatic rings. The van der Waals surface area contributed by atoms with Crippen LogP contribution in [0, 0.1) is 0 Å². The molecule has 11 heteroatoms. The lowest BCUT2D eigenvalue weighted by Gasteiger charge is -2.06. The van der Waals surface area contributed by atoms with Crippen molar-refractivity contribution in [2.75, 3.05) is 16.0 Å². The molecular formula is C17H12Cl3N5O2S. The highest BCUT2D eigenvalue weighted by atomic mass is 35.5. The normalized spacial score (nSPS) is 10.4. The molecule has 3 aromatic rings. The van der Waals surface area contributed by atoms with Gasteiger partial charge in [0, 0.05) is 11.1 Å². The zero-order chi connectivity index (χ0) is 20.1. The van der Waals surface area contributed by atoms with Gasteiger partial charge in [-0.25, -0.2) is 14.8 Å². The number of aromatic nitrogens is 2. The standard InChI is InChI=1S/C17H12Cl3N5O2S/c18-12-3-1-9(5-13(12)19)23-16(27)25-17-24-11(8-28-17)6-15(26)22-10-2-4-14(20)21-7-10/h1-5,7-8H,6H2,(H,22,26)(H2,23,24,25,27). The first-order valence-electron chi connectivity index (χ1n) is 7.78. The summed E-state index contributed by atoms with van der Waals surface area (Å²) in [5, 5.41) is 11.0. The Bertz CT molecular complexity index is 1010. The van der Waals surface area contributed by atoms with Crippen LogP contribution in [-0.4, -0.2) is 21.9 Å². The molecule has 0 saturated heterocycles. The van der Waals surface area contributed by atoms with Crippen LogP contribution in [0.4, 0.5) is 21.3 Å². The average Bonchev–Trinajstić information content (AvgIpc) is 3.06. The fraction of sp³-hybridized carbons (Fsp3) is 0.0588. The number of amides is 3. The number of hydrogen-bond donors (Lipinski definition) is 3. The minimum absolute atomic E-state index is 0.0508. The first-order valence-corrected chi connectivity index (χ1v) is 9.79. The third-order valence-electron chi connectivity index (χ3n) is 3.30. The van der Waals surface area contributed by atoms with Crippen molar-refractivity contribution >= 4 is 74.6 Å². The average molecular weight is 457 g/mol. The Morgan fingerprint density at radius 1 is 0.964 bits per heavy atom. The van der Waals surface area contributed by atoms with Crippen LogP contribution < -0.4 is 16.0 Å². The van der Waals surface area contributed by atoms with Crippen molar-refractivity contribution in [2.45, 2.75) is 6.42 Å². The van der Waals surface area contributed by atoms with Crippen molar-refractivity contribution in [1.82, 2.24) is 9.97 Å². The molecule has 0 aliphatic carbocycles. The van der Waals surface area contributed by atoms with E-state index in [-0.39, 0.29) is 12.3 Å². The molecule has 0 spiro atoms. The molecule has 3 amide bonds. The summed E-state index contributed by atoms with van der Waals surface area (Å²) in [6.45, 7) is 0. The molecule has 0 radical (unpaired) electrons. The minimum Gasteiger partial charge on any atom is -0.324 e. The van der Waals surface area contributed by atoms with E-state index >= 15 is 0 Å². The topological polar surface area (TPSA) is 96.0 Å². The second kappa shape index (κ2) is 9.20. The molecule has 2 heterocycles. The molecule has 7 nitrogen and oxygen atoms in total. The monoisotopic (exact) mass is 455 g/mol. The van der Waals surface area contributed by atoms with Crippen LogP contribution in [0.15, 0.2) is 41.9 Å². The fourth-order valence-corrected chi connectivity index (χ4v) is 3.21. The van der Waals surface area contributed by atoms with Crippen LogP contribution >= 0.6 is 46.1 Å². The van der Waals surface area contributed by atoms with Crippen LogP contribution in [0.25, 0.3) is 0 Å². The number of urea groups is 1. The molecule has 0 atom stereocenters. The van der Waals surface area contributed by atoms with E-state index in [0.29, 0.717) is 37.4 Å². The van der Waals surface area contributed by atoms with E-state index in [1.165, 1.54) is 23.6 Å². The van der Waals surface area contributed by atoms with Crippen molar-refractivity contribution < 1.29 is 9.59 Å². The highest BCUT2D eigenvalue weighted by Gasteiger charge is 2.11. The van der Waals surface area contributed by atoms with E-state index in [1.807, 2.05) is 0 Å². The zero-order valence-corrected chi connectivity index (χ0v) is 17.1. The van der Waals surface area contributed by atoms with Crippen LogP contribution in [0.3, 0.4) is 0 Å². The molecule has 144 valence electrons. The van der Waals surface area contributed by atoms with Gasteiger partial charge in [0.1, 0.15) is 5.15 Å². The van der Waals surface area contributed by atoms with Crippen LogP contribution in [-0.2, 0) is 11.2 Å². The van der Waals surface area contributed by atoms with Gasteiger partial charge in [-0.2, -0.15) is 0 Å². The lowest BCUT2D eigenvalue weighted by Crippen LogP contribution is -2.19. The highest BCUT2D eigenvalue weighted by molar-refractivity contribution is 7.14. The maximum absolute atomic E-state index is 12.1. The van der Waals surface area contributed by atoms with E-state index in [0.717, 1.165) is 0 Å². The fourth-order valence-electron chi connectivity index (χ4n) is 2.10. The summed E-state index contributed by atoms with van der Waals surface area (Å²) in [6.07, 6.45) is 1.51. The van der Waals surface area contributed by atoms with E-state index in [1.54, 1.807) is 29.6 Å². The van der Waals surface area contributed by atoms with E-state index in [2.05, 4.69) is 25.9 Å². The summed E-state index contributed by atoms with van der Waals surface area (Å²) >= 11 is 18.7. The van der Waals surface area contributed by atoms with Gasteiger partial charge in [-0.3, -0.25) is 10.1 Å². The zero-order valence-electron chi connectivity index (χ0n) is 14.0. The number of rotatable bonds is 5. The lowest BCUT2D eigenvalue weighted by atomic mass is 10.3. The number of anilines is 3. The van der Waals surface area contributed by atoms with Gasteiger partial charge >= 0.3 is 6.03 Å². The molecule has 0 unspecified atom stereocenters. The van der Waals surface area contributed by atoms with Crippen LogP contribution in [0.1, 0.15) is 5.69 Å². The van der Waals surface area contributed by atoms with Gasteiger partial charge in [-0.05, 0) is 30.3 Å². The molecule has 1 aromatic carbocycles. The third kappa shape index (κ3) is 5.80. The first kappa shape index (κ1) is 20.3. The second-order valence-corrected chi connectivity index (χ2v) is 7.51. The van der Waals surface area contributed by atoms with Crippen LogP contribution in [0.5, 0.6) is 0 Å². The van der Waals surface area contributed by atoms with E-state index in [4.69, 9.17) is 34.8 Å². The Balaban J connectivity index is 1.53. The number of pyridine rings is 1. The summed E-state index contributed by atoms with van der Waals surface area (Å²) < 4.78 is 0. The second-order valence-electron chi connectivity index (χ2n) is 5.45. The van der Waals surface area contributed by atoms with Gasteiger partial charge in [0.25, 0.3) is 0 Å². The maximum Gasteiger partial charge on any atom is 0.325 e. The molecule has 3 N–H and O–H groups in total. The molecule has 0 aliphatic heterocycles. The summed E-state index contributed by atoms with van der Waals surface area (Å²) in [4.78, 5) is 32.2. The number of benzene rings is 1. The summed E-state index contributed by atoms with van der Waals surface area (Å²) in [6, 6.07) is 7.47. The number of nitrogens with zero attached hydrogens (tertiary/aromatic N) is 2. The number of nitrogens with one attached hydrogen (secondary N) is 3. The molecule has 3 rings (SSSR count). The quantitative estimate of drug-likeness (QED) is 0.452. The number of carbonyl (C=O) groups is 2. The predicted molar refractivity (Wildman–Crippen MR) is 113 cm³/mol. The molecule has 28 heavy (non-hydrogen) atoms. The Hall–Kier alpha value is -2.39. The Morgan fingerprint density at radius 2 is 1.75 bits per heavy atom. The molecule has 0 saturated carbocycles. The molecule has 2 aromatic heterocycles. The van der Waals surface area contributed by atoms with Gasteiger partial charge in [0.05, 0.1) is 34.0 Å². The first-order chi connectivity index (χ1) is 13.4. The third-order valence-corrected chi connectivity index (χ3v) is 5.07. The predicted octanol–water partition coefficient (Wildman–Crippen LogP) is 5.32. The molecule has 0 bridgehead atoms. The largest absolute Gasteiger partial charge is 0.325 e. The summed E-state index contributed by atoms with van der Waals surface area (Å²) in [5.41, 5.74) is 1.54. The van der Waals surface area contributed by atoms with Gasteiger partial charge < -0.3 is 10.6 Å². The molecule has 0 fully saturated rings. The Labute approximate surface area is 179 Å². The highest BCUT2D eigenvalue weighted by Crippen LogP contribution is 2.25. The summed E-state index contributed by atoms with van der Waals surface area (Å²) in [5.74, 6) is -0.263. The number of carbonyl (C=O) groups excluding carboxylic acids is 2. The minimum atomic E-state index is -0.490. The number of thiazole rings is 1. The molecular weight excluding hydrogens is 445 g/mol. The maximum atomic E-state index is 12.1. The van der Waals surface area contributed by atoms with Gasteiger partial charge in [0.2, 0.25) is 5.91 Å². The van der Waals surface area contributed by atoms with Crippen molar-refractivity contribution in [3.8, 4) is 0 Å². The summed E-state index contributed by atoms with van der Waals surface area (Å²) in [7, 11) is 0. The Kier molecular flexibility index (Phi) is 6.69. The number of hydrogen-bond acceptors (Lipinski definition) is 5. The van der Waals surface area contributed by atoms with E-state index in [9.17, 15) is 9.59 Å². The van der Waals surface area contributed by atoms with Gasteiger partial charge in [-0.15, -0.1) is 11.3 Å². The smallest absolute Gasteiger partial charge is 0.324 e. The van der Waals surface area contributed by atoms with Gasteiger partial charge in [-0.1, -0.05) is 34.8 Å². The Morgan fingerprint density at radius 3 is 2.46 bits per heavy atom. The van der Waals surface area contributed by atoms with Crippen LogP contribution in [0.2, 0.25) is 15.2 Å².